The van der Waals surface area contributed by atoms with Crippen LogP contribution in [0.1, 0.15) is 50.8 Å². The first kappa shape index (κ1) is 30.4. The number of nitrogens with one attached hydrogen (secondary N) is 2. The molecule has 3 N–H and O–H groups in total. The minimum atomic E-state index is -0.481. The lowest BCUT2D eigenvalue weighted by molar-refractivity contribution is -0.122. The van der Waals surface area contributed by atoms with E-state index in [0.29, 0.717) is 13.0 Å². The number of allylic oxidation sites excluding steroid dienone is 6. The molecule has 0 fully saturated rings. The number of aliphatic imine (C=N–C) groups is 1. The van der Waals surface area contributed by atoms with Gasteiger partial charge in [0, 0.05) is 25.9 Å². The van der Waals surface area contributed by atoms with Gasteiger partial charge in [0.15, 0.2) is 0 Å². The van der Waals surface area contributed by atoms with Crippen molar-refractivity contribution in [1.29, 1.82) is 0 Å². The van der Waals surface area contributed by atoms with Gasteiger partial charge in [-0.2, -0.15) is 0 Å². The fraction of sp³-hybridized carbons (Fsp3) is 0.333. The Balaban J connectivity index is 2.08. The third-order valence-corrected chi connectivity index (χ3v) is 6.60. The number of phenols is 1. The predicted molar refractivity (Wildman–Crippen MR) is 161 cm³/mol. The number of phenolic OH excluding ortho intramolecular Hbond substituents is 1. The van der Waals surface area contributed by atoms with Gasteiger partial charge in [0.2, 0.25) is 5.91 Å². The van der Waals surface area contributed by atoms with Crippen molar-refractivity contribution in [3.63, 3.8) is 0 Å². The number of benzene rings is 2. The maximum atomic E-state index is 13.1. The summed E-state index contributed by atoms with van der Waals surface area (Å²) in [6, 6.07) is 15.1. The minimum absolute atomic E-state index is 0.0767. The average Bonchev–Trinajstić information content (AvgIpc) is 2.94. The molecule has 5 heteroatoms. The highest BCUT2D eigenvalue weighted by atomic mass is 16.3. The molecule has 0 radical (unpaired) electrons. The quantitative estimate of drug-likeness (QED) is 0.125. The molecule has 202 valence electrons. The Morgan fingerprint density at radius 2 is 1.74 bits per heavy atom. The molecule has 2 unspecified atom stereocenters. The van der Waals surface area contributed by atoms with Crippen molar-refractivity contribution in [3.8, 4) is 5.75 Å². The molecule has 2 atom stereocenters. The maximum Gasteiger partial charge on any atom is 0.243 e. The smallest absolute Gasteiger partial charge is 0.243 e. The lowest BCUT2D eigenvalue weighted by Gasteiger charge is -2.24. The van der Waals surface area contributed by atoms with E-state index in [1.807, 2.05) is 57.2 Å². The molecule has 2 rings (SSSR count). The second-order valence-corrected chi connectivity index (χ2v) is 9.52. The lowest BCUT2D eigenvalue weighted by atomic mass is 9.96. The van der Waals surface area contributed by atoms with Crippen molar-refractivity contribution in [2.45, 2.75) is 53.0 Å². The summed E-state index contributed by atoms with van der Waals surface area (Å²) in [5, 5.41) is 16.1. The topological polar surface area (TPSA) is 73.7 Å². The number of nitrogens with zero attached hydrogens (tertiary/aromatic N) is 1. The normalized spacial score (nSPS) is 14.3. The Labute approximate surface area is 228 Å². The highest BCUT2D eigenvalue weighted by Crippen LogP contribution is 2.19. The highest BCUT2D eigenvalue weighted by molar-refractivity contribution is 5.91. The van der Waals surface area contributed by atoms with Crippen LogP contribution in [-0.2, 0) is 17.6 Å². The molecule has 0 saturated heterocycles. The SMILES string of the molecule is C=C/C(=C\C=C/C)c1ccc(CCC(C)C(=NC)NC(Cc2ccc(O)cc2)C(=O)NC/C(C)=C/C)cc1. The second-order valence-electron chi connectivity index (χ2n) is 9.52. The minimum Gasteiger partial charge on any atom is -0.508 e. The summed E-state index contributed by atoms with van der Waals surface area (Å²) in [6.45, 7) is 12.5. The zero-order chi connectivity index (χ0) is 27.9. The number of carbonyl (C=O) groups is 1. The number of amides is 1. The number of hydrogen-bond donors (Lipinski definition) is 3. The first-order chi connectivity index (χ1) is 18.3. The number of carbonyl (C=O) groups excluding carboxylic acids is 1. The monoisotopic (exact) mass is 513 g/mol. The van der Waals surface area contributed by atoms with Crippen molar-refractivity contribution < 1.29 is 9.90 Å². The van der Waals surface area contributed by atoms with Crippen molar-refractivity contribution >= 4 is 17.3 Å². The summed E-state index contributed by atoms with van der Waals surface area (Å²) >= 11 is 0. The molecule has 0 spiro atoms. The molecular formula is C33H43N3O2. The van der Waals surface area contributed by atoms with E-state index >= 15 is 0 Å². The fourth-order valence-corrected chi connectivity index (χ4v) is 4.00. The first-order valence-electron chi connectivity index (χ1n) is 13.3. The number of aryl methyl sites for hydroxylation is 1. The Kier molecular flexibility index (Phi) is 12.8. The Morgan fingerprint density at radius 1 is 1.08 bits per heavy atom. The molecular weight excluding hydrogens is 470 g/mol. The van der Waals surface area contributed by atoms with Crippen LogP contribution in [-0.4, -0.2) is 36.5 Å². The van der Waals surface area contributed by atoms with Crippen molar-refractivity contribution in [2.75, 3.05) is 13.6 Å². The number of amidine groups is 1. The van der Waals surface area contributed by atoms with E-state index in [-0.39, 0.29) is 17.6 Å². The summed E-state index contributed by atoms with van der Waals surface area (Å²) in [6.07, 6.45) is 12.2. The van der Waals surface area contributed by atoms with Gasteiger partial charge in [-0.15, -0.1) is 0 Å². The molecule has 5 nitrogen and oxygen atoms in total. The van der Waals surface area contributed by atoms with Gasteiger partial charge in [-0.1, -0.05) is 85.9 Å². The third kappa shape index (κ3) is 9.89. The van der Waals surface area contributed by atoms with Gasteiger partial charge in [0.1, 0.15) is 11.8 Å². The molecule has 2 aromatic rings. The van der Waals surface area contributed by atoms with Crippen molar-refractivity contribution in [1.82, 2.24) is 10.6 Å². The van der Waals surface area contributed by atoms with Crippen molar-refractivity contribution in [2.24, 2.45) is 10.9 Å². The van der Waals surface area contributed by atoms with Gasteiger partial charge in [-0.05, 0) is 68.0 Å². The van der Waals surface area contributed by atoms with Gasteiger partial charge in [0.05, 0.1) is 5.84 Å². The van der Waals surface area contributed by atoms with Crippen molar-refractivity contribution in [3.05, 3.63) is 108 Å². The van der Waals surface area contributed by atoms with E-state index in [2.05, 4.69) is 59.5 Å². The van der Waals surface area contributed by atoms with Crippen LogP contribution in [0.15, 0.2) is 96.1 Å². The third-order valence-electron chi connectivity index (χ3n) is 6.60. The Morgan fingerprint density at radius 3 is 2.32 bits per heavy atom. The molecule has 38 heavy (non-hydrogen) atoms. The summed E-state index contributed by atoms with van der Waals surface area (Å²) in [4.78, 5) is 17.7. The summed E-state index contributed by atoms with van der Waals surface area (Å²) < 4.78 is 0. The van der Waals surface area contributed by atoms with E-state index in [0.717, 1.165) is 41.0 Å². The fourth-order valence-electron chi connectivity index (χ4n) is 4.00. The zero-order valence-corrected chi connectivity index (χ0v) is 23.5. The Hall–Kier alpha value is -3.86. The summed E-state index contributed by atoms with van der Waals surface area (Å²) in [5.41, 5.74) is 5.55. The predicted octanol–water partition coefficient (Wildman–Crippen LogP) is 6.42. The maximum absolute atomic E-state index is 13.1. The van der Waals surface area contributed by atoms with Crippen LogP contribution in [0.2, 0.25) is 0 Å². The van der Waals surface area contributed by atoms with Crippen LogP contribution in [0.3, 0.4) is 0 Å². The van der Waals surface area contributed by atoms with E-state index in [4.69, 9.17) is 0 Å². The second kappa shape index (κ2) is 16.1. The summed E-state index contributed by atoms with van der Waals surface area (Å²) in [7, 11) is 1.76. The molecule has 0 aromatic heterocycles. The van der Waals surface area contributed by atoms with Gasteiger partial charge in [-0.25, -0.2) is 0 Å². The Bertz CT molecular complexity index is 1160. The van der Waals surface area contributed by atoms with Crippen LogP contribution in [0.5, 0.6) is 5.75 Å². The van der Waals surface area contributed by atoms with E-state index < -0.39 is 6.04 Å². The molecule has 0 aliphatic carbocycles. The van der Waals surface area contributed by atoms with Crippen LogP contribution in [0, 0.1) is 5.92 Å². The van der Waals surface area contributed by atoms with E-state index in [1.165, 1.54) is 5.56 Å². The van der Waals surface area contributed by atoms with E-state index in [1.54, 1.807) is 19.2 Å². The van der Waals surface area contributed by atoms with Crippen LogP contribution in [0.4, 0.5) is 0 Å². The molecule has 0 aliphatic heterocycles. The number of rotatable bonds is 13. The summed E-state index contributed by atoms with van der Waals surface area (Å²) in [5.74, 6) is 1.09. The van der Waals surface area contributed by atoms with Gasteiger partial charge in [-0.3, -0.25) is 9.79 Å². The van der Waals surface area contributed by atoms with E-state index in [9.17, 15) is 9.90 Å². The largest absolute Gasteiger partial charge is 0.508 e. The van der Waals surface area contributed by atoms with Crippen LogP contribution < -0.4 is 10.6 Å². The molecule has 1 amide bonds. The average molecular weight is 514 g/mol. The standard InChI is InChI=1S/C33H43N3O2/c1-7-10-11-28(9-3)29-18-14-26(15-19-29)13-12-25(5)32(34-6)36-31(33(38)35-23-24(4)8-2)22-27-16-20-30(37)21-17-27/h7-11,14-21,25,31,37H,3,12-13,22-23H2,1-2,4-6H3,(H,34,36)(H,35,38)/b10-7-,24-8+,28-11+. The molecule has 0 bridgehead atoms. The van der Waals surface area contributed by atoms with Gasteiger partial charge < -0.3 is 15.7 Å². The zero-order valence-electron chi connectivity index (χ0n) is 23.5. The first-order valence-corrected chi connectivity index (χ1v) is 13.3. The van der Waals surface area contributed by atoms with Crippen LogP contribution >= 0.6 is 0 Å². The molecule has 0 aliphatic rings. The molecule has 0 heterocycles. The van der Waals surface area contributed by atoms with Gasteiger partial charge in [0.25, 0.3) is 0 Å². The van der Waals surface area contributed by atoms with Gasteiger partial charge >= 0.3 is 0 Å². The highest BCUT2D eigenvalue weighted by Gasteiger charge is 2.22. The lowest BCUT2D eigenvalue weighted by Crippen LogP contribution is -2.49. The number of hydrogen-bond acceptors (Lipinski definition) is 3. The van der Waals surface area contributed by atoms with Crippen LogP contribution in [0.25, 0.3) is 5.57 Å². The molecule has 2 aromatic carbocycles. The molecule has 0 saturated carbocycles. The number of aromatic hydroxyl groups is 1.